The Labute approximate surface area is 114 Å². The van der Waals surface area contributed by atoms with Crippen LogP contribution in [0.4, 0.5) is 0 Å². The fourth-order valence-corrected chi connectivity index (χ4v) is 2.15. The van der Waals surface area contributed by atoms with Crippen molar-refractivity contribution in [3.8, 4) is 0 Å². The molecule has 0 aliphatic carbocycles. The van der Waals surface area contributed by atoms with Gasteiger partial charge in [-0.25, -0.2) is 9.78 Å². The maximum Gasteiger partial charge on any atom is 0.328 e. The fraction of sp³-hybridized carbons (Fsp3) is 0.308. The van der Waals surface area contributed by atoms with E-state index in [9.17, 15) is 9.59 Å². The summed E-state index contributed by atoms with van der Waals surface area (Å²) < 4.78 is 5.94. The number of hydrogen-bond donors (Lipinski definition) is 0. The number of rotatable bonds is 3. The summed E-state index contributed by atoms with van der Waals surface area (Å²) in [4.78, 5) is 28.4. The van der Waals surface area contributed by atoms with Gasteiger partial charge in [0.05, 0.1) is 23.9 Å². The number of carbonyl (C=O) groups excluding carboxylic acids is 1. The smallest absolute Gasteiger partial charge is 0.328 e. The van der Waals surface area contributed by atoms with Crippen molar-refractivity contribution in [2.24, 2.45) is 0 Å². The molecule has 0 radical (unpaired) electrons. The number of para-hydroxylation sites is 1. The lowest BCUT2D eigenvalue weighted by atomic mass is 10.2. The van der Waals surface area contributed by atoms with Gasteiger partial charge in [-0.1, -0.05) is 12.1 Å². The molecule has 0 aliphatic heterocycles. The molecule has 6 heteroatoms. The van der Waals surface area contributed by atoms with Crippen LogP contribution in [0.3, 0.4) is 0 Å². The Morgan fingerprint density at radius 3 is 2.79 bits per heavy atom. The first-order valence-corrected chi connectivity index (χ1v) is 6.27. The number of benzene rings is 1. The number of alkyl halides is 1. The number of ether oxygens (including phenoxy) is 1. The number of esters is 1. The van der Waals surface area contributed by atoms with Gasteiger partial charge in [0, 0.05) is 0 Å². The van der Waals surface area contributed by atoms with Gasteiger partial charge in [0.2, 0.25) is 0 Å². The van der Waals surface area contributed by atoms with Crippen LogP contribution in [0.15, 0.2) is 29.1 Å². The number of halogens is 1. The third kappa shape index (κ3) is 2.33. The van der Waals surface area contributed by atoms with Crippen LogP contribution in [0, 0.1) is 0 Å². The summed E-state index contributed by atoms with van der Waals surface area (Å²) in [5, 5.41) is 0.451. The molecule has 0 fully saturated rings. The van der Waals surface area contributed by atoms with Crippen molar-refractivity contribution in [2.45, 2.75) is 18.8 Å². The quantitative estimate of drug-likeness (QED) is 0.636. The third-order valence-corrected chi connectivity index (χ3v) is 3.17. The zero-order valence-corrected chi connectivity index (χ0v) is 11.3. The molecule has 1 aromatic heterocycles. The van der Waals surface area contributed by atoms with Crippen LogP contribution in [-0.2, 0) is 15.4 Å². The van der Waals surface area contributed by atoms with E-state index in [0.29, 0.717) is 16.7 Å². The monoisotopic (exact) mass is 280 g/mol. The van der Waals surface area contributed by atoms with Gasteiger partial charge in [0.25, 0.3) is 5.56 Å². The molecule has 5 nitrogen and oxygen atoms in total. The molecule has 0 spiro atoms. The maximum absolute atomic E-state index is 12.4. The Hall–Kier alpha value is -1.88. The number of fused-ring (bicyclic) bond motifs is 1. The molecule has 2 aromatic rings. The van der Waals surface area contributed by atoms with Gasteiger partial charge < -0.3 is 4.74 Å². The Balaban J connectivity index is 2.75. The Morgan fingerprint density at radius 2 is 2.16 bits per heavy atom. The number of nitrogens with zero attached hydrogens (tertiary/aromatic N) is 2. The minimum Gasteiger partial charge on any atom is -0.467 e. The second-order valence-corrected chi connectivity index (χ2v) is 4.32. The average Bonchev–Trinajstić information content (AvgIpc) is 2.45. The molecule has 0 aliphatic rings. The van der Waals surface area contributed by atoms with Crippen LogP contribution < -0.4 is 5.56 Å². The van der Waals surface area contributed by atoms with Crippen LogP contribution in [0.1, 0.15) is 18.8 Å². The van der Waals surface area contributed by atoms with E-state index >= 15 is 0 Å². The Bertz CT molecular complexity index is 681. The van der Waals surface area contributed by atoms with E-state index in [1.54, 1.807) is 31.2 Å². The molecule has 0 saturated carbocycles. The molecule has 1 heterocycles. The van der Waals surface area contributed by atoms with Crippen LogP contribution in [0.5, 0.6) is 0 Å². The van der Waals surface area contributed by atoms with Gasteiger partial charge in [0.15, 0.2) is 0 Å². The van der Waals surface area contributed by atoms with E-state index in [4.69, 9.17) is 11.6 Å². The molecule has 0 bridgehead atoms. The van der Waals surface area contributed by atoms with Gasteiger partial charge in [-0.15, -0.1) is 11.6 Å². The molecule has 0 saturated heterocycles. The molecule has 1 aromatic carbocycles. The van der Waals surface area contributed by atoms with Crippen molar-refractivity contribution in [3.05, 3.63) is 40.4 Å². The molecule has 100 valence electrons. The molecule has 1 atom stereocenters. The second kappa shape index (κ2) is 5.40. The summed E-state index contributed by atoms with van der Waals surface area (Å²) in [6, 6.07) is 6.19. The topological polar surface area (TPSA) is 61.2 Å². The zero-order valence-electron chi connectivity index (χ0n) is 10.6. The van der Waals surface area contributed by atoms with Gasteiger partial charge in [-0.2, -0.15) is 0 Å². The van der Waals surface area contributed by atoms with Crippen LogP contribution in [-0.4, -0.2) is 22.6 Å². The molecule has 2 rings (SSSR count). The van der Waals surface area contributed by atoms with Crippen molar-refractivity contribution < 1.29 is 9.53 Å². The maximum atomic E-state index is 12.4. The van der Waals surface area contributed by atoms with Crippen LogP contribution >= 0.6 is 11.6 Å². The summed E-state index contributed by atoms with van der Waals surface area (Å²) >= 11 is 5.82. The van der Waals surface area contributed by atoms with E-state index in [-0.39, 0.29) is 11.4 Å². The highest BCUT2D eigenvalue weighted by Crippen LogP contribution is 2.14. The number of methoxy groups -OCH3 is 1. The summed E-state index contributed by atoms with van der Waals surface area (Å²) in [5.41, 5.74) is 0.274. The lowest BCUT2D eigenvalue weighted by molar-refractivity contribution is -0.144. The molecular formula is C13H13ClN2O3. The van der Waals surface area contributed by atoms with Gasteiger partial charge in [0.1, 0.15) is 11.9 Å². The van der Waals surface area contributed by atoms with Gasteiger partial charge in [-0.3, -0.25) is 9.36 Å². The van der Waals surface area contributed by atoms with Crippen molar-refractivity contribution in [1.29, 1.82) is 0 Å². The van der Waals surface area contributed by atoms with Crippen molar-refractivity contribution >= 4 is 28.5 Å². The lowest BCUT2D eigenvalue weighted by Gasteiger charge is -2.16. The largest absolute Gasteiger partial charge is 0.467 e. The Morgan fingerprint density at radius 1 is 1.47 bits per heavy atom. The van der Waals surface area contributed by atoms with E-state index in [1.807, 2.05) is 0 Å². The predicted octanol–water partition coefficient (Wildman–Crippen LogP) is 1.87. The minimum absolute atomic E-state index is 0.0431. The summed E-state index contributed by atoms with van der Waals surface area (Å²) in [5.74, 6) is -0.115. The summed E-state index contributed by atoms with van der Waals surface area (Å²) in [6.45, 7) is 1.58. The second-order valence-electron chi connectivity index (χ2n) is 4.05. The first kappa shape index (κ1) is 13.5. The average molecular weight is 281 g/mol. The van der Waals surface area contributed by atoms with Crippen LogP contribution in [0.2, 0.25) is 0 Å². The van der Waals surface area contributed by atoms with Gasteiger partial charge in [-0.05, 0) is 19.1 Å². The number of aromatic nitrogens is 2. The third-order valence-electron chi connectivity index (χ3n) is 2.93. The Kier molecular flexibility index (Phi) is 3.85. The minimum atomic E-state index is -0.761. The molecule has 1 unspecified atom stereocenters. The highest BCUT2D eigenvalue weighted by atomic mass is 35.5. The lowest BCUT2D eigenvalue weighted by Crippen LogP contribution is -2.32. The highest BCUT2D eigenvalue weighted by Gasteiger charge is 2.21. The van der Waals surface area contributed by atoms with E-state index in [1.165, 1.54) is 11.7 Å². The molecular weight excluding hydrogens is 268 g/mol. The van der Waals surface area contributed by atoms with Crippen molar-refractivity contribution in [1.82, 2.24) is 9.55 Å². The van der Waals surface area contributed by atoms with E-state index in [0.717, 1.165) is 0 Å². The summed E-state index contributed by atoms with van der Waals surface area (Å²) in [6.07, 6.45) is 0. The zero-order chi connectivity index (χ0) is 14.0. The summed E-state index contributed by atoms with van der Waals surface area (Å²) in [7, 11) is 1.28. The van der Waals surface area contributed by atoms with Crippen molar-refractivity contribution in [2.75, 3.05) is 7.11 Å². The number of hydrogen-bond acceptors (Lipinski definition) is 4. The molecule has 19 heavy (non-hydrogen) atoms. The van der Waals surface area contributed by atoms with E-state index < -0.39 is 12.0 Å². The highest BCUT2D eigenvalue weighted by molar-refractivity contribution is 6.16. The standard InChI is InChI=1S/C13H13ClN2O3/c1-8(13(18)19-2)16-11(7-14)15-10-6-4-3-5-9(10)12(16)17/h3-6,8H,7H2,1-2H3. The number of carbonyl (C=O) groups is 1. The first-order chi connectivity index (χ1) is 9.10. The van der Waals surface area contributed by atoms with Crippen LogP contribution in [0.25, 0.3) is 10.9 Å². The molecule has 0 N–H and O–H groups in total. The van der Waals surface area contributed by atoms with Crippen molar-refractivity contribution in [3.63, 3.8) is 0 Å². The fourth-order valence-electron chi connectivity index (χ4n) is 1.96. The van der Waals surface area contributed by atoms with Gasteiger partial charge >= 0.3 is 5.97 Å². The SMILES string of the molecule is COC(=O)C(C)n1c(CCl)nc2ccccc2c1=O. The predicted molar refractivity (Wildman–Crippen MR) is 72.3 cm³/mol. The normalized spacial score (nSPS) is 12.4. The first-order valence-electron chi connectivity index (χ1n) is 5.74. The van der Waals surface area contributed by atoms with E-state index in [2.05, 4.69) is 9.72 Å². The molecule has 0 amide bonds.